The number of hydrogen-bond acceptors (Lipinski definition) is 3. The number of nitrogens with zero attached hydrogens (tertiary/aromatic N) is 3. The number of imidazole rings is 1. The molecule has 0 aliphatic rings. The quantitative estimate of drug-likeness (QED) is 0.815. The minimum Gasteiger partial charge on any atom is -0.481 e. The van der Waals surface area contributed by atoms with Gasteiger partial charge < -0.3 is 9.30 Å². The molecule has 4 heteroatoms. The number of hydrogen-bond donors (Lipinski definition) is 0. The molecule has 0 aromatic carbocycles. The largest absolute Gasteiger partial charge is 0.481 e. The Morgan fingerprint density at radius 3 is 2.41 bits per heavy atom. The first-order chi connectivity index (χ1) is 8.13. The van der Waals surface area contributed by atoms with Crippen LogP contribution >= 0.6 is 0 Å². The van der Waals surface area contributed by atoms with E-state index in [2.05, 4.69) is 28.4 Å². The SMILES string of the molecule is COc1ccc(-c2cnc(C(C)C)n2C)cn1. The van der Waals surface area contributed by atoms with Gasteiger partial charge in [-0.2, -0.15) is 0 Å². The van der Waals surface area contributed by atoms with Crippen LogP contribution in [0.25, 0.3) is 11.3 Å². The summed E-state index contributed by atoms with van der Waals surface area (Å²) in [6.45, 7) is 4.27. The number of pyridine rings is 1. The van der Waals surface area contributed by atoms with E-state index in [0.29, 0.717) is 11.8 Å². The average Bonchev–Trinajstić information content (AvgIpc) is 2.71. The van der Waals surface area contributed by atoms with Crippen molar-refractivity contribution in [1.82, 2.24) is 14.5 Å². The fourth-order valence-electron chi connectivity index (χ4n) is 1.88. The van der Waals surface area contributed by atoms with Crippen LogP contribution in [-0.4, -0.2) is 21.6 Å². The van der Waals surface area contributed by atoms with Gasteiger partial charge in [0.15, 0.2) is 0 Å². The molecule has 0 saturated heterocycles. The lowest BCUT2D eigenvalue weighted by atomic mass is 10.2. The van der Waals surface area contributed by atoms with Crippen molar-refractivity contribution in [3.05, 3.63) is 30.4 Å². The molecular weight excluding hydrogens is 214 g/mol. The van der Waals surface area contributed by atoms with Crippen molar-refractivity contribution in [2.45, 2.75) is 19.8 Å². The van der Waals surface area contributed by atoms with Crippen LogP contribution in [0.5, 0.6) is 5.88 Å². The highest BCUT2D eigenvalue weighted by atomic mass is 16.5. The van der Waals surface area contributed by atoms with E-state index in [1.807, 2.05) is 25.4 Å². The lowest BCUT2D eigenvalue weighted by Crippen LogP contribution is -2.01. The molecule has 0 atom stereocenters. The van der Waals surface area contributed by atoms with Crippen LogP contribution in [0.1, 0.15) is 25.6 Å². The molecule has 0 saturated carbocycles. The molecule has 17 heavy (non-hydrogen) atoms. The Kier molecular flexibility index (Phi) is 3.13. The molecule has 0 radical (unpaired) electrons. The topological polar surface area (TPSA) is 39.9 Å². The molecule has 0 aliphatic heterocycles. The van der Waals surface area contributed by atoms with Gasteiger partial charge in [0.25, 0.3) is 0 Å². The summed E-state index contributed by atoms with van der Waals surface area (Å²) >= 11 is 0. The van der Waals surface area contributed by atoms with E-state index in [-0.39, 0.29) is 0 Å². The van der Waals surface area contributed by atoms with Gasteiger partial charge >= 0.3 is 0 Å². The maximum atomic E-state index is 5.05. The molecule has 2 heterocycles. The summed E-state index contributed by atoms with van der Waals surface area (Å²) in [5.74, 6) is 2.12. The molecule has 0 unspecified atom stereocenters. The fourth-order valence-corrected chi connectivity index (χ4v) is 1.88. The molecular formula is C13H17N3O. The second-order valence-electron chi connectivity index (χ2n) is 4.30. The predicted octanol–water partition coefficient (Wildman–Crippen LogP) is 2.61. The molecule has 2 aromatic heterocycles. The second-order valence-corrected chi connectivity index (χ2v) is 4.30. The first kappa shape index (κ1) is 11.6. The third-order valence-corrected chi connectivity index (χ3v) is 2.78. The van der Waals surface area contributed by atoms with Gasteiger partial charge in [-0.05, 0) is 6.07 Å². The lowest BCUT2D eigenvalue weighted by Gasteiger charge is -2.08. The third-order valence-electron chi connectivity index (χ3n) is 2.78. The smallest absolute Gasteiger partial charge is 0.212 e. The van der Waals surface area contributed by atoms with Crippen LogP contribution in [0.4, 0.5) is 0 Å². The van der Waals surface area contributed by atoms with E-state index in [1.165, 1.54) is 0 Å². The van der Waals surface area contributed by atoms with Gasteiger partial charge in [-0.15, -0.1) is 0 Å². The Bertz CT molecular complexity index is 500. The Morgan fingerprint density at radius 2 is 1.94 bits per heavy atom. The lowest BCUT2D eigenvalue weighted by molar-refractivity contribution is 0.398. The van der Waals surface area contributed by atoms with Crippen LogP contribution in [0.3, 0.4) is 0 Å². The summed E-state index contributed by atoms with van der Waals surface area (Å²) in [7, 11) is 3.64. The summed E-state index contributed by atoms with van der Waals surface area (Å²) in [6, 6.07) is 3.85. The highest BCUT2D eigenvalue weighted by Gasteiger charge is 2.11. The van der Waals surface area contributed by atoms with Gasteiger partial charge in [-0.1, -0.05) is 13.8 Å². The molecule has 2 rings (SSSR count). The van der Waals surface area contributed by atoms with Gasteiger partial charge in [0.2, 0.25) is 5.88 Å². The standard InChI is InChI=1S/C13H17N3O/c1-9(2)13-15-8-11(16(13)3)10-5-6-12(17-4)14-7-10/h5-9H,1-4H3. The van der Waals surface area contributed by atoms with E-state index in [4.69, 9.17) is 4.74 Å². The van der Waals surface area contributed by atoms with Gasteiger partial charge in [0.05, 0.1) is 19.0 Å². The summed E-state index contributed by atoms with van der Waals surface area (Å²) in [5, 5.41) is 0. The van der Waals surface area contributed by atoms with Crippen LogP contribution in [0.2, 0.25) is 0 Å². The zero-order valence-corrected chi connectivity index (χ0v) is 10.6. The van der Waals surface area contributed by atoms with Gasteiger partial charge in [0.1, 0.15) is 5.82 Å². The molecule has 0 N–H and O–H groups in total. The zero-order chi connectivity index (χ0) is 12.4. The Morgan fingerprint density at radius 1 is 1.18 bits per heavy atom. The number of rotatable bonds is 3. The van der Waals surface area contributed by atoms with Crippen molar-refractivity contribution >= 4 is 0 Å². The average molecular weight is 231 g/mol. The monoisotopic (exact) mass is 231 g/mol. The van der Waals surface area contributed by atoms with Crippen molar-refractivity contribution < 1.29 is 4.74 Å². The predicted molar refractivity (Wildman–Crippen MR) is 67.1 cm³/mol. The van der Waals surface area contributed by atoms with Crippen molar-refractivity contribution in [2.24, 2.45) is 7.05 Å². The maximum absolute atomic E-state index is 5.05. The summed E-state index contributed by atoms with van der Waals surface area (Å²) < 4.78 is 7.15. The first-order valence-electron chi connectivity index (χ1n) is 5.65. The van der Waals surface area contributed by atoms with Crippen molar-refractivity contribution in [1.29, 1.82) is 0 Å². The third kappa shape index (κ3) is 2.16. The normalized spacial score (nSPS) is 10.9. The fraction of sp³-hybridized carbons (Fsp3) is 0.385. The van der Waals surface area contributed by atoms with Crippen LogP contribution in [0.15, 0.2) is 24.5 Å². The maximum Gasteiger partial charge on any atom is 0.212 e. The van der Waals surface area contributed by atoms with E-state index >= 15 is 0 Å². The molecule has 4 nitrogen and oxygen atoms in total. The van der Waals surface area contributed by atoms with Crippen molar-refractivity contribution in [2.75, 3.05) is 7.11 Å². The molecule has 2 aromatic rings. The minimum atomic E-state index is 0.417. The molecule has 0 bridgehead atoms. The Balaban J connectivity index is 2.39. The highest BCUT2D eigenvalue weighted by molar-refractivity contribution is 5.58. The van der Waals surface area contributed by atoms with Gasteiger partial charge in [-0.25, -0.2) is 9.97 Å². The highest BCUT2D eigenvalue weighted by Crippen LogP contribution is 2.23. The molecule has 90 valence electrons. The van der Waals surface area contributed by atoms with Gasteiger partial charge in [-0.3, -0.25) is 0 Å². The molecule has 0 aliphatic carbocycles. The number of methoxy groups -OCH3 is 1. The zero-order valence-electron chi connectivity index (χ0n) is 10.6. The summed E-state index contributed by atoms with van der Waals surface area (Å²) in [6.07, 6.45) is 3.69. The minimum absolute atomic E-state index is 0.417. The van der Waals surface area contributed by atoms with E-state index in [1.54, 1.807) is 13.3 Å². The van der Waals surface area contributed by atoms with Gasteiger partial charge in [0, 0.05) is 30.8 Å². The second kappa shape index (κ2) is 4.57. The first-order valence-corrected chi connectivity index (χ1v) is 5.65. The van der Waals surface area contributed by atoms with E-state index in [9.17, 15) is 0 Å². The molecule has 0 amide bonds. The summed E-state index contributed by atoms with van der Waals surface area (Å²) in [4.78, 5) is 8.64. The van der Waals surface area contributed by atoms with Crippen molar-refractivity contribution in [3.63, 3.8) is 0 Å². The number of aromatic nitrogens is 3. The van der Waals surface area contributed by atoms with Crippen LogP contribution in [0, 0.1) is 0 Å². The van der Waals surface area contributed by atoms with Crippen LogP contribution in [-0.2, 0) is 7.05 Å². The van der Waals surface area contributed by atoms with E-state index < -0.39 is 0 Å². The van der Waals surface area contributed by atoms with E-state index in [0.717, 1.165) is 17.1 Å². The Hall–Kier alpha value is -1.84. The Labute approximate surface area is 101 Å². The van der Waals surface area contributed by atoms with Crippen molar-refractivity contribution in [3.8, 4) is 17.1 Å². The number of ether oxygens (including phenoxy) is 1. The molecule has 0 spiro atoms. The molecule has 0 fully saturated rings. The van der Waals surface area contributed by atoms with Crippen LogP contribution < -0.4 is 4.74 Å². The summed E-state index contributed by atoms with van der Waals surface area (Å²) in [5.41, 5.74) is 2.12.